The van der Waals surface area contributed by atoms with E-state index in [-0.39, 0.29) is 0 Å². The van der Waals surface area contributed by atoms with Crippen LogP contribution in [0.5, 0.6) is 5.75 Å². The van der Waals surface area contributed by atoms with Gasteiger partial charge in [-0.1, -0.05) is 29.3 Å². The van der Waals surface area contributed by atoms with Crippen LogP contribution < -0.4 is 15.2 Å². The van der Waals surface area contributed by atoms with Crippen LogP contribution in [0, 0.1) is 0 Å². The molecule has 1 saturated heterocycles. The predicted octanol–water partition coefficient (Wildman–Crippen LogP) is 3.92. The lowest BCUT2D eigenvalue weighted by Gasteiger charge is -2.36. The van der Waals surface area contributed by atoms with Crippen molar-refractivity contribution in [2.45, 2.75) is 12.8 Å². The first-order valence-electron chi connectivity index (χ1n) is 11.3. The van der Waals surface area contributed by atoms with Gasteiger partial charge in [-0.05, 0) is 55.1 Å². The quantitative estimate of drug-likeness (QED) is 0.469. The van der Waals surface area contributed by atoms with Crippen LogP contribution in [0.25, 0.3) is 10.9 Å². The summed E-state index contributed by atoms with van der Waals surface area (Å²) in [4.78, 5) is 28.8. The van der Waals surface area contributed by atoms with E-state index in [4.69, 9.17) is 27.9 Å². The molecule has 0 bridgehead atoms. The minimum Gasteiger partial charge on any atom is -0.494 e. The highest BCUT2D eigenvalue weighted by Gasteiger charge is 2.19. The summed E-state index contributed by atoms with van der Waals surface area (Å²) in [5, 5.41) is 11.1. The van der Waals surface area contributed by atoms with Crippen molar-refractivity contribution in [2.75, 3.05) is 50.8 Å². The van der Waals surface area contributed by atoms with Gasteiger partial charge in [0.1, 0.15) is 12.4 Å². The van der Waals surface area contributed by atoms with Crippen LogP contribution >= 0.6 is 23.2 Å². The number of halogens is 2. The number of nitrogens with zero attached hydrogens (tertiary/aromatic N) is 3. The third-order valence-electron chi connectivity index (χ3n) is 6.03. The maximum Gasteiger partial charge on any atom is 0.259 e. The van der Waals surface area contributed by atoms with Gasteiger partial charge < -0.3 is 14.7 Å². The summed E-state index contributed by atoms with van der Waals surface area (Å²) < 4.78 is 6.85. The maximum atomic E-state index is 12.1. The lowest BCUT2D eigenvalue weighted by molar-refractivity contribution is 0.0820. The number of piperazine rings is 1. The van der Waals surface area contributed by atoms with Crippen LogP contribution in [0.3, 0.4) is 0 Å². The van der Waals surface area contributed by atoms with Gasteiger partial charge in [0, 0.05) is 38.3 Å². The number of pyridine rings is 1. The van der Waals surface area contributed by atoms with Gasteiger partial charge in [-0.2, -0.15) is 0 Å². The van der Waals surface area contributed by atoms with Gasteiger partial charge in [-0.15, -0.1) is 0 Å². The summed E-state index contributed by atoms with van der Waals surface area (Å²) in [7, 11) is 0. The van der Waals surface area contributed by atoms with Gasteiger partial charge in [0.05, 0.1) is 27.9 Å². The Morgan fingerprint density at radius 1 is 1.00 bits per heavy atom. The van der Waals surface area contributed by atoms with E-state index in [0.717, 1.165) is 61.2 Å². The Morgan fingerprint density at radius 2 is 1.76 bits per heavy atom. The Bertz CT molecular complexity index is 1220. The number of aromatic nitrogens is 1. The lowest BCUT2D eigenvalue weighted by atomic mass is 10.2. The van der Waals surface area contributed by atoms with Crippen molar-refractivity contribution in [3.8, 4) is 5.75 Å². The van der Waals surface area contributed by atoms with Crippen LogP contribution in [0.2, 0.25) is 10.0 Å². The molecular formula is C25H27Cl2N3O4. The van der Waals surface area contributed by atoms with Gasteiger partial charge in [0.15, 0.2) is 0 Å². The maximum absolute atomic E-state index is 12.1. The van der Waals surface area contributed by atoms with E-state index in [0.29, 0.717) is 27.9 Å². The smallest absolute Gasteiger partial charge is 0.259 e. The zero-order valence-corrected chi connectivity index (χ0v) is 20.3. The molecule has 1 aliphatic heterocycles. The van der Waals surface area contributed by atoms with Crippen molar-refractivity contribution >= 4 is 45.7 Å². The van der Waals surface area contributed by atoms with Gasteiger partial charge in [0.25, 0.3) is 11.5 Å². The van der Waals surface area contributed by atoms with Crippen LogP contribution in [0.1, 0.15) is 17.6 Å². The first-order valence-corrected chi connectivity index (χ1v) is 12.1. The molecule has 9 heteroatoms. The number of aliphatic hydroxyl groups excluding tert-OH is 1. The molecule has 180 valence electrons. The number of anilines is 1. The monoisotopic (exact) mass is 503 g/mol. The number of benzene rings is 2. The molecule has 0 amide bonds. The summed E-state index contributed by atoms with van der Waals surface area (Å²) in [5.74, 6) is -0.0740. The van der Waals surface area contributed by atoms with Crippen molar-refractivity contribution in [2.24, 2.45) is 0 Å². The molecule has 0 saturated carbocycles. The number of unbranched alkanes of at least 4 members (excludes halogenated alkanes) is 1. The molecule has 34 heavy (non-hydrogen) atoms. The molecule has 0 aliphatic carbocycles. The molecule has 1 aliphatic rings. The summed E-state index contributed by atoms with van der Waals surface area (Å²) in [5.41, 5.74) is 0.951. The highest BCUT2D eigenvalue weighted by molar-refractivity contribution is 6.43. The van der Waals surface area contributed by atoms with Crippen molar-refractivity contribution in [3.05, 3.63) is 68.9 Å². The molecule has 2 aromatic carbocycles. The van der Waals surface area contributed by atoms with Gasteiger partial charge in [0.2, 0.25) is 0 Å². The van der Waals surface area contributed by atoms with Crippen LogP contribution in [0.4, 0.5) is 5.69 Å². The standard InChI is InChI=1S/C25H27Cl2N3O4/c26-20-4-3-5-21(25(20)27)29-13-11-28(12-14-29)10-1-2-15-34-19-8-6-18-7-9-23(32)30(22(18)16-19)24(33)17-31/h3-9,16,31H,1-2,10-15,17H2. The molecule has 1 fully saturated rings. The fourth-order valence-corrected chi connectivity index (χ4v) is 4.62. The van der Waals surface area contributed by atoms with Crippen molar-refractivity contribution < 1.29 is 14.6 Å². The number of aliphatic hydroxyl groups is 1. The Morgan fingerprint density at radius 3 is 2.53 bits per heavy atom. The van der Waals surface area contributed by atoms with Crippen LogP contribution in [-0.4, -0.2) is 66.4 Å². The van der Waals surface area contributed by atoms with Gasteiger partial charge in [-0.25, -0.2) is 4.57 Å². The molecule has 7 nitrogen and oxygen atoms in total. The first kappa shape index (κ1) is 24.5. The number of rotatable bonds is 8. The van der Waals surface area contributed by atoms with Crippen molar-refractivity contribution in [3.63, 3.8) is 0 Å². The molecule has 0 spiro atoms. The SMILES string of the molecule is O=C(CO)n1c(=O)ccc2ccc(OCCCCN3CCN(c4cccc(Cl)c4Cl)CC3)cc21. The third kappa shape index (κ3) is 5.55. The summed E-state index contributed by atoms with van der Waals surface area (Å²) in [6.45, 7) is 4.53. The van der Waals surface area contributed by atoms with E-state index in [1.54, 1.807) is 24.3 Å². The fourth-order valence-electron chi connectivity index (χ4n) is 4.21. The van der Waals surface area contributed by atoms with Gasteiger partial charge in [-0.3, -0.25) is 14.5 Å². The minimum atomic E-state index is -0.732. The van der Waals surface area contributed by atoms with E-state index in [1.807, 2.05) is 18.2 Å². The van der Waals surface area contributed by atoms with Crippen LogP contribution in [-0.2, 0) is 0 Å². The third-order valence-corrected chi connectivity index (χ3v) is 6.84. The summed E-state index contributed by atoms with van der Waals surface area (Å²) in [6, 6.07) is 14.0. The molecule has 2 heterocycles. The molecule has 0 atom stereocenters. The van der Waals surface area contributed by atoms with E-state index < -0.39 is 18.1 Å². The predicted molar refractivity (Wildman–Crippen MR) is 136 cm³/mol. The average molecular weight is 504 g/mol. The largest absolute Gasteiger partial charge is 0.494 e. The summed E-state index contributed by atoms with van der Waals surface area (Å²) in [6.07, 6.45) is 1.88. The lowest BCUT2D eigenvalue weighted by Crippen LogP contribution is -2.46. The van der Waals surface area contributed by atoms with Crippen molar-refractivity contribution in [1.29, 1.82) is 0 Å². The normalized spacial score (nSPS) is 14.5. The highest BCUT2D eigenvalue weighted by atomic mass is 35.5. The number of ether oxygens (including phenoxy) is 1. The second kappa shape index (κ2) is 11.2. The topological polar surface area (TPSA) is 75.0 Å². The molecule has 0 radical (unpaired) electrons. The minimum absolute atomic E-state index is 0.432. The molecule has 1 aromatic heterocycles. The Kier molecular flexibility index (Phi) is 8.11. The summed E-state index contributed by atoms with van der Waals surface area (Å²) >= 11 is 12.5. The zero-order chi connectivity index (χ0) is 24.1. The Hall–Kier alpha value is -2.58. The number of carbonyl (C=O) groups is 1. The van der Waals surface area contributed by atoms with Crippen molar-refractivity contribution in [1.82, 2.24) is 9.47 Å². The highest BCUT2D eigenvalue weighted by Crippen LogP contribution is 2.32. The second-order valence-corrected chi connectivity index (χ2v) is 9.02. The van der Waals surface area contributed by atoms with E-state index in [2.05, 4.69) is 9.80 Å². The molecule has 0 unspecified atom stereocenters. The van der Waals surface area contributed by atoms with E-state index in [1.165, 1.54) is 6.07 Å². The second-order valence-electron chi connectivity index (χ2n) is 8.24. The van der Waals surface area contributed by atoms with E-state index in [9.17, 15) is 14.7 Å². The van der Waals surface area contributed by atoms with Crippen LogP contribution in [0.15, 0.2) is 53.3 Å². The Balaban J connectivity index is 1.24. The van der Waals surface area contributed by atoms with E-state index >= 15 is 0 Å². The fraction of sp³-hybridized carbons (Fsp3) is 0.360. The molecule has 4 rings (SSSR count). The average Bonchev–Trinajstić information content (AvgIpc) is 2.85. The molecule has 3 aromatic rings. The zero-order valence-electron chi connectivity index (χ0n) is 18.8. The number of hydrogen-bond donors (Lipinski definition) is 1. The molecular weight excluding hydrogens is 477 g/mol. The first-order chi connectivity index (χ1) is 16.5. The molecule has 1 N–H and O–H groups in total. The number of fused-ring (bicyclic) bond motifs is 1. The number of carbonyl (C=O) groups excluding carboxylic acids is 1. The Labute approximate surface area is 208 Å². The number of hydrogen-bond acceptors (Lipinski definition) is 6. The van der Waals surface area contributed by atoms with Gasteiger partial charge >= 0.3 is 0 Å².